The number of hydrogen-bond donors (Lipinski definition) is 1. The molecule has 0 unspecified atom stereocenters. The number of carbonyl (C=O) groups is 2. The molecule has 0 spiro atoms. The highest BCUT2D eigenvalue weighted by Crippen LogP contribution is 2.26. The first kappa shape index (κ1) is 27.0. The maximum atomic E-state index is 13.7. The summed E-state index contributed by atoms with van der Waals surface area (Å²) in [7, 11) is -3.79. The fourth-order valence-electron chi connectivity index (χ4n) is 4.42. The Balaban J connectivity index is 1.91. The van der Waals surface area contributed by atoms with Crippen LogP contribution < -0.4 is 9.62 Å². The molecule has 9 heteroatoms. The third-order valence-corrected chi connectivity index (χ3v) is 7.95. The second-order valence-electron chi connectivity index (χ2n) is 9.12. The average Bonchev–Trinajstić information content (AvgIpc) is 3.32. The molecule has 0 heterocycles. The van der Waals surface area contributed by atoms with Crippen molar-refractivity contribution in [2.75, 3.05) is 17.1 Å². The maximum absolute atomic E-state index is 13.7. The zero-order valence-corrected chi connectivity index (χ0v) is 22.1. The van der Waals surface area contributed by atoms with E-state index in [1.165, 1.54) is 11.0 Å². The van der Waals surface area contributed by atoms with Crippen LogP contribution in [0.25, 0.3) is 0 Å². The Bertz CT molecular complexity index is 1130. The van der Waals surface area contributed by atoms with Crippen molar-refractivity contribution in [3.8, 4) is 0 Å². The summed E-state index contributed by atoms with van der Waals surface area (Å²) >= 11 is 6.24. The molecule has 0 aromatic heterocycles. The molecule has 0 radical (unpaired) electrons. The number of carbonyl (C=O) groups excluding carboxylic acids is 2. The van der Waals surface area contributed by atoms with E-state index in [1.54, 1.807) is 12.1 Å². The van der Waals surface area contributed by atoms with Crippen LogP contribution in [0.5, 0.6) is 0 Å². The molecule has 1 N–H and O–H groups in total. The Kier molecular flexibility index (Phi) is 9.19. The molecule has 1 aliphatic carbocycles. The minimum absolute atomic E-state index is 0.118. The molecule has 1 atom stereocenters. The van der Waals surface area contributed by atoms with Gasteiger partial charge in [-0.1, -0.05) is 67.8 Å². The second kappa shape index (κ2) is 11.9. The minimum Gasteiger partial charge on any atom is -0.352 e. The maximum Gasteiger partial charge on any atom is 0.244 e. The van der Waals surface area contributed by atoms with Gasteiger partial charge >= 0.3 is 0 Å². The van der Waals surface area contributed by atoms with Crippen molar-refractivity contribution >= 4 is 39.1 Å². The molecule has 3 rings (SSSR count). The smallest absolute Gasteiger partial charge is 0.244 e. The van der Waals surface area contributed by atoms with Crippen molar-refractivity contribution < 1.29 is 18.0 Å². The standard InChI is InChI=1S/C26H34ClN3O4S/c1-4-24(26(32)28-21-12-8-9-13-21)29(17-20-10-6-5-7-11-20)25(31)18-30(35(3,33)34)22-15-14-19(2)23(27)16-22/h5-7,10-11,14-16,21,24H,4,8-9,12-13,17-18H2,1-3H3,(H,28,32)/t24-/m0/s1. The summed E-state index contributed by atoms with van der Waals surface area (Å²) in [4.78, 5) is 28.4. The Morgan fingerprint density at radius 2 is 1.77 bits per heavy atom. The zero-order valence-electron chi connectivity index (χ0n) is 20.5. The Morgan fingerprint density at radius 1 is 1.11 bits per heavy atom. The molecule has 2 aromatic rings. The Labute approximate surface area is 213 Å². The first-order chi connectivity index (χ1) is 16.6. The Morgan fingerprint density at radius 3 is 2.34 bits per heavy atom. The van der Waals surface area contributed by atoms with Gasteiger partial charge in [-0.15, -0.1) is 0 Å². The van der Waals surface area contributed by atoms with Gasteiger partial charge in [-0.25, -0.2) is 8.42 Å². The van der Waals surface area contributed by atoms with E-state index in [2.05, 4.69) is 5.32 Å². The van der Waals surface area contributed by atoms with Crippen molar-refractivity contribution in [1.29, 1.82) is 0 Å². The van der Waals surface area contributed by atoms with Gasteiger partial charge < -0.3 is 10.2 Å². The molecule has 190 valence electrons. The van der Waals surface area contributed by atoms with E-state index in [4.69, 9.17) is 11.6 Å². The second-order valence-corrected chi connectivity index (χ2v) is 11.4. The van der Waals surface area contributed by atoms with Crippen LogP contribution in [0, 0.1) is 6.92 Å². The third kappa shape index (κ3) is 7.21. The minimum atomic E-state index is -3.79. The number of anilines is 1. The van der Waals surface area contributed by atoms with Crippen molar-refractivity contribution in [3.63, 3.8) is 0 Å². The number of halogens is 1. The fraction of sp³-hybridized carbons (Fsp3) is 0.462. The number of hydrogen-bond acceptors (Lipinski definition) is 4. The van der Waals surface area contributed by atoms with Crippen LogP contribution in [-0.2, 0) is 26.2 Å². The van der Waals surface area contributed by atoms with Gasteiger partial charge in [0.1, 0.15) is 12.6 Å². The van der Waals surface area contributed by atoms with E-state index < -0.39 is 28.5 Å². The highest BCUT2D eigenvalue weighted by atomic mass is 35.5. The fourth-order valence-corrected chi connectivity index (χ4v) is 5.43. The quantitative estimate of drug-likeness (QED) is 0.507. The molecule has 1 saturated carbocycles. The molecule has 0 saturated heterocycles. The molecule has 0 aliphatic heterocycles. The molecule has 7 nitrogen and oxygen atoms in total. The van der Waals surface area contributed by atoms with E-state index >= 15 is 0 Å². The molecule has 35 heavy (non-hydrogen) atoms. The van der Waals surface area contributed by atoms with Crippen LogP contribution in [0.15, 0.2) is 48.5 Å². The first-order valence-electron chi connectivity index (χ1n) is 12.0. The number of rotatable bonds is 10. The van der Waals surface area contributed by atoms with Crippen LogP contribution in [0.4, 0.5) is 5.69 Å². The summed E-state index contributed by atoms with van der Waals surface area (Å²) in [5.41, 5.74) is 1.97. The first-order valence-corrected chi connectivity index (χ1v) is 14.2. The number of nitrogens with one attached hydrogen (secondary N) is 1. The highest BCUT2D eigenvalue weighted by molar-refractivity contribution is 7.92. The van der Waals surface area contributed by atoms with Crippen molar-refractivity contribution in [3.05, 3.63) is 64.7 Å². The van der Waals surface area contributed by atoms with Gasteiger partial charge in [0.15, 0.2) is 0 Å². The van der Waals surface area contributed by atoms with Gasteiger partial charge in [-0.05, 0) is 49.4 Å². The normalized spacial score (nSPS) is 15.0. The van der Waals surface area contributed by atoms with Gasteiger partial charge in [-0.3, -0.25) is 13.9 Å². The topological polar surface area (TPSA) is 86.8 Å². The molecule has 1 fully saturated rings. The predicted molar refractivity (Wildman–Crippen MR) is 140 cm³/mol. The summed E-state index contributed by atoms with van der Waals surface area (Å²) in [5.74, 6) is -0.655. The lowest BCUT2D eigenvalue weighted by Crippen LogP contribution is -2.53. The summed E-state index contributed by atoms with van der Waals surface area (Å²) in [5, 5.41) is 3.51. The van der Waals surface area contributed by atoms with Crippen LogP contribution in [0.1, 0.15) is 50.2 Å². The molecule has 2 aromatic carbocycles. The summed E-state index contributed by atoms with van der Waals surface area (Å²) in [6, 6.07) is 13.7. The summed E-state index contributed by atoms with van der Waals surface area (Å²) in [6.45, 7) is 3.44. The monoisotopic (exact) mass is 519 g/mol. The number of amides is 2. The number of nitrogens with zero attached hydrogens (tertiary/aromatic N) is 2. The van der Waals surface area contributed by atoms with Crippen LogP contribution in [0.2, 0.25) is 5.02 Å². The third-order valence-electron chi connectivity index (χ3n) is 6.41. The van der Waals surface area contributed by atoms with E-state index in [0.29, 0.717) is 17.1 Å². The van der Waals surface area contributed by atoms with Crippen LogP contribution in [0.3, 0.4) is 0 Å². The molecule has 0 bridgehead atoms. The van der Waals surface area contributed by atoms with Gasteiger partial charge in [0.2, 0.25) is 21.8 Å². The van der Waals surface area contributed by atoms with E-state index in [-0.39, 0.29) is 18.5 Å². The number of aryl methyl sites for hydroxylation is 1. The lowest BCUT2D eigenvalue weighted by molar-refractivity contribution is -0.140. The highest BCUT2D eigenvalue weighted by Gasteiger charge is 2.33. The summed E-state index contributed by atoms with van der Waals surface area (Å²) < 4.78 is 26.4. The van der Waals surface area contributed by atoms with Crippen molar-refractivity contribution in [2.45, 2.75) is 64.6 Å². The predicted octanol–water partition coefficient (Wildman–Crippen LogP) is 4.28. The van der Waals surface area contributed by atoms with Crippen LogP contribution >= 0.6 is 11.6 Å². The van der Waals surface area contributed by atoms with Crippen LogP contribution in [-0.4, -0.2) is 50.0 Å². The zero-order chi connectivity index (χ0) is 25.6. The van der Waals surface area contributed by atoms with Gasteiger partial charge in [-0.2, -0.15) is 0 Å². The summed E-state index contributed by atoms with van der Waals surface area (Å²) in [6.07, 6.45) is 5.50. The lowest BCUT2D eigenvalue weighted by Gasteiger charge is -2.33. The molecular weight excluding hydrogens is 486 g/mol. The van der Waals surface area contributed by atoms with E-state index in [1.807, 2.05) is 44.2 Å². The van der Waals surface area contributed by atoms with Gasteiger partial charge in [0.25, 0.3) is 0 Å². The number of sulfonamides is 1. The lowest BCUT2D eigenvalue weighted by atomic mass is 10.1. The molecule has 2 amide bonds. The van der Waals surface area contributed by atoms with E-state index in [9.17, 15) is 18.0 Å². The molecule has 1 aliphatic rings. The SMILES string of the molecule is CC[C@@H](C(=O)NC1CCCC1)N(Cc1ccccc1)C(=O)CN(c1ccc(C)c(Cl)c1)S(C)(=O)=O. The Hall–Kier alpha value is -2.58. The molecular formula is C26H34ClN3O4S. The van der Waals surface area contributed by atoms with Gasteiger partial charge in [0, 0.05) is 17.6 Å². The number of benzene rings is 2. The largest absolute Gasteiger partial charge is 0.352 e. The average molecular weight is 520 g/mol. The van der Waals surface area contributed by atoms with Crippen molar-refractivity contribution in [2.24, 2.45) is 0 Å². The van der Waals surface area contributed by atoms with Crippen molar-refractivity contribution in [1.82, 2.24) is 10.2 Å². The van der Waals surface area contributed by atoms with Gasteiger partial charge in [0.05, 0.1) is 11.9 Å². The van der Waals surface area contributed by atoms with E-state index in [0.717, 1.165) is 47.4 Å².